The number of rotatable bonds is 2. The highest BCUT2D eigenvalue weighted by molar-refractivity contribution is 6.33. The Hall–Kier alpha value is -1.62. The zero-order valence-electron chi connectivity index (χ0n) is 13.6. The lowest BCUT2D eigenvalue weighted by atomic mass is 10.1. The lowest BCUT2D eigenvalue weighted by Crippen LogP contribution is -2.39. The second-order valence-corrected chi connectivity index (χ2v) is 6.98. The van der Waals surface area contributed by atoms with Crippen molar-refractivity contribution in [1.29, 1.82) is 0 Å². The van der Waals surface area contributed by atoms with Crippen LogP contribution in [0.3, 0.4) is 0 Å². The molecule has 0 aromatic heterocycles. The van der Waals surface area contributed by atoms with E-state index in [4.69, 9.17) is 11.6 Å². The number of hydrogen-bond acceptors (Lipinski definition) is 2. The monoisotopic (exact) mass is 352 g/mol. The van der Waals surface area contributed by atoms with Crippen molar-refractivity contribution in [3.8, 4) is 0 Å². The average Bonchev–Trinajstić information content (AvgIpc) is 2.98. The van der Waals surface area contributed by atoms with E-state index in [0.717, 1.165) is 38.2 Å². The third-order valence-electron chi connectivity index (χ3n) is 4.96. The van der Waals surface area contributed by atoms with Gasteiger partial charge in [0.1, 0.15) is 5.82 Å². The van der Waals surface area contributed by atoms with Crippen LogP contribution in [-0.4, -0.2) is 47.8 Å². The van der Waals surface area contributed by atoms with Gasteiger partial charge in [0.05, 0.1) is 10.6 Å². The summed E-state index contributed by atoms with van der Waals surface area (Å²) in [4.78, 5) is 28.8. The van der Waals surface area contributed by atoms with Gasteiger partial charge in [0.2, 0.25) is 5.91 Å². The molecule has 6 heteroatoms. The summed E-state index contributed by atoms with van der Waals surface area (Å²) in [6, 6.07) is 3.82. The molecule has 3 rings (SSSR count). The van der Waals surface area contributed by atoms with E-state index in [9.17, 15) is 14.0 Å². The molecular weight excluding hydrogens is 331 g/mol. The van der Waals surface area contributed by atoms with Gasteiger partial charge in [-0.2, -0.15) is 0 Å². The fourth-order valence-corrected chi connectivity index (χ4v) is 3.85. The maximum atomic E-state index is 13.2. The number of carbonyl (C=O) groups is 2. The van der Waals surface area contributed by atoms with E-state index in [1.807, 2.05) is 4.90 Å². The normalized spacial score (nSPS) is 19.4. The lowest BCUT2D eigenvalue weighted by molar-refractivity contribution is -0.135. The van der Waals surface area contributed by atoms with Crippen LogP contribution in [0, 0.1) is 11.7 Å². The SMILES string of the molecule is O=C(c1ccc(F)cc1Cl)N1CCCN(C(=O)C2CCCC2)CC1. The fourth-order valence-electron chi connectivity index (χ4n) is 3.61. The third kappa shape index (κ3) is 3.72. The van der Waals surface area contributed by atoms with Crippen molar-refractivity contribution in [2.24, 2.45) is 5.92 Å². The predicted octanol–water partition coefficient (Wildman–Crippen LogP) is 3.34. The Morgan fingerprint density at radius 3 is 2.38 bits per heavy atom. The number of nitrogens with zero attached hydrogens (tertiary/aromatic N) is 2. The molecule has 1 saturated carbocycles. The Morgan fingerprint density at radius 1 is 1.00 bits per heavy atom. The van der Waals surface area contributed by atoms with E-state index >= 15 is 0 Å². The van der Waals surface area contributed by atoms with Gasteiger partial charge in [-0.3, -0.25) is 9.59 Å². The van der Waals surface area contributed by atoms with Gasteiger partial charge in [-0.15, -0.1) is 0 Å². The molecule has 1 heterocycles. The van der Waals surface area contributed by atoms with Crippen molar-refractivity contribution in [2.75, 3.05) is 26.2 Å². The Bertz CT molecular complexity index is 631. The summed E-state index contributed by atoms with van der Waals surface area (Å²) in [5.41, 5.74) is 0.314. The molecule has 0 atom stereocenters. The molecule has 0 N–H and O–H groups in total. The maximum Gasteiger partial charge on any atom is 0.255 e. The number of amides is 2. The summed E-state index contributed by atoms with van der Waals surface area (Å²) in [7, 11) is 0. The molecule has 0 spiro atoms. The molecule has 24 heavy (non-hydrogen) atoms. The van der Waals surface area contributed by atoms with E-state index < -0.39 is 5.82 Å². The first-order valence-electron chi connectivity index (χ1n) is 8.59. The van der Waals surface area contributed by atoms with Crippen molar-refractivity contribution in [3.05, 3.63) is 34.6 Å². The van der Waals surface area contributed by atoms with Crippen molar-refractivity contribution in [1.82, 2.24) is 9.80 Å². The molecule has 1 aliphatic carbocycles. The molecule has 0 radical (unpaired) electrons. The Morgan fingerprint density at radius 2 is 1.67 bits per heavy atom. The Labute approximate surface area is 146 Å². The number of benzene rings is 1. The summed E-state index contributed by atoms with van der Waals surface area (Å²) in [6.07, 6.45) is 5.01. The van der Waals surface area contributed by atoms with Gasteiger partial charge in [-0.1, -0.05) is 24.4 Å². The highest BCUT2D eigenvalue weighted by Crippen LogP contribution is 2.27. The molecule has 2 amide bonds. The average molecular weight is 353 g/mol. The van der Waals surface area contributed by atoms with Gasteiger partial charge in [0, 0.05) is 32.1 Å². The topological polar surface area (TPSA) is 40.6 Å². The summed E-state index contributed by atoms with van der Waals surface area (Å²) in [5, 5.41) is 0.128. The quantitative estimate of drug-likeness (QED) is 0.819. The Kier molecular flexibility index (Phi) is 5.39. The van der Waals surface area contributed by atoms with Gasteiger partial charge in [-0.25, -0.2) is 4.39 Å². The van der Waals surface area contributed by atoms with E-state index in [1.54, 1.807) is 4.90 Å². The van der Waals surface area contributed by atoms with E-state index in [1.165, 1.54) is 12.1 Å². The first kappa shape index (κ1) is 17.2. The summed E-state index contributed by atoms with van der Waals surface area (Å²) in [6.45, 7) is 2.32. The van der Waals surface area contributed by atoms with Crippen LogP contribution in [0.15, 0.2) is 18.2 Å². The molecule has 1 aliphatic heterocycles. The molecule has 0 bridgehead atoms. The summed E-state index contributed by atoms with van der Waals surface area (Å²) < 4.78 is 13.2. The van der Waals surface area contributed by atoms with Crippen LogP contribution in [0.1, 0.15) is 42.5 Å². The summed E-state index contributed by atoms with van der Waals surface area (Å²) >= 11 is 6.00. The maximum absolute atomic E-state index is 13.2. The molecule has 1 aromatic carbocycles. The van der Waals surface area contributed by atoms with Crippen LogP contribution in [0.4, 0.5) is 4.39 Å². The molecule has 1 saturated heterocycles. The molecular formula is C18H22ClFN2O2. The second kappa shape index (κ2) is 7.51. The van der Waals surface area contributed by atoms with Gasteiger partial charge in [0.15, 0.2) is 0 Å². The van der Waals surface area contributed by atoms with E-state index in [2.05, 4.69) is 0 Å². The van der Waals surface area contributed by atoms with Gasteiger partial charge >= 0.3 is 0 Å². The minimum atomic E-state index is -0.458. The first-order chi connectivity index (χ1) is 11.6. The second-order valence-electron chi connectivity index (χ2n) is 6.58. The molecule has 0 unspecified atom stereocenters. The Balaban J connectivity index is 1.64. The van der Waals surface area contributed by atoms with Crippen LogP contribution in [0.2, 0.25) is 5.02 Å². The minimum absolute atomic E-state index is 0.128. The molecule has 2 fully saturated rings. The van der Waals surface area contributed by atoms with Crippen LogP contribution in [0.5, 0.6) is 0 Å². The van der Waals surface area contributed by atoms with Crippen LogP contribution < -0.4 is 0 Å². The highest BCUT2D eigenvalue weighted by atomic mass is 35.5. The zero-order valence-corrected chi connectivity index (χ0v) is 14.4. The zero-order chi connectivity index (χ0) is 17.1. The minimum Gasteiger partial charge on any atom is -0.341 e. The summed E-state index contributed by atoms with van der Waals surface area (Å²) in [5.74, 6) is -0.253. The van der Waals surface area contributed by atoms with Gasteiger partial charge in [-0.05, 0) is 37.5 Å². The van der Waals surface area contributed by atoms with Crippen LogP contribution >= 0.6 is 11.6 Å². The largest absolute Gasteiger partial charge is 0.341 e. The van der Waals surface area contributed by atoms with Gasteiger partial charge in [0.25, 0.3) is 5.91 Å². The number of halogens is 2. The van der Waals surface area contributed by atoms with E-state index in [-0.39, 0.29) is 22.8 Å². The third-order valence-corrected chi connectivity index (χ3v) is 5.27. The van der Waals surface area contributed by atoms with Gasteiger partial charge < -0.3 is 9.80 Å². The van der Waals surface area contributed by atoms with Crippen LogP contribution in [0.25, 0.3) is 0 Å². The van der Waals surface area contributed by atoms with Crippen LogP contribution in [-0.2, 0) is 4.79 Å². The number of carbonyl (C=O) groups excluding carboxylic acids is 2. The highest BCUT2D eigenvalue weighted by Gasteiger charge is 2.29. The molecule has 130 valence electrons. The number of hydrogen-bond donors (Lipinski definition) is 0. The first-order valence-corrected chi connectivity index (χ1v) is 8.97. The van der Waals surface area contributed by atoms with Crippen molar-refractivity contribution < 1.29 is 14.0 Å². The smallest absolute Gasteiger partial charge is 0.255 e. The van der Waals surface area contributed by atoms with Crippen molar-refractivity contribution in [3.63, 3.8) is 0 Å². The van der Waals surface area contributed by atoms with Crippen molar-refractivity contribution >= 4 is 23.4 Å². The van der Waals surface area contributed by atoms with Crippen molar-refractivity contribution in [2.45, 2.75) is 32.1 Å². The lowest BCUT2D eigenvalue weighted by Gasteiger charge is -2.24. The molecule has 1 aromatic rings. The fraction of sp³-hybridized carbons (Fsp3) is 0.556. The molecule has 2 aliphatic rings. The standard InChI is InChI=1S/C18H22ClFN2O2/c19-16-12-14(20)6-7-15(16)18(24)22-9-3-8-21(10-11-22)17(23)13-4-1-2-5-13/h6-7,12-13H,1-5,8-11H2. The predicted molar refractivity (Wildman–Crippen MR) is 90.5 cm³/mol. The van der Waals surface area contributed by atoms with E-state index in [0.29, 0.717) is 31.7 Å². The molecule has 4 nitrogen and oxygen atoms in total.